The van der Waals surface area contributed by atoms with E-state index in [4.69, 9.17) is 29.3 Å². The van der Waals surface area contributed by atoms with Crippen molar-refractivity contribution in [3.63, 3.8) is 0 Å². The van der Waals surface area contributed by atoms with Crippen LogP contribution in [0.4, 0.5) is 11.6 Å². The zero-order valence-corrected chi connectivity index (χ0v) is 24.9. The zero-order chi connectivity index (χ0) is 31.5. The van der Waals surface area contributed by atoms with Crippen molar-refractivity contribution in [1.82, 2.24) is 34.4 Å². The molecule has 1 fully saturated rings. The Bertz CT molecular complexity index is 2050. The minimum Gasteiger partial charge on any atom is -0.495 e. The summed E-state index contributed by atoms with van der Waals surface area (Å²) in [6.07, 6.45) is 7.43. The smallest absolute Gasteiger partial charge is 0.247 e. The predicted octanol–water partition coefficient (Wildman–Crippen LogP) is 5.65. The summed E-state index contributed by atoms with van der Waals surface area (Å²) in [7, 11) is 1.59. The Balaban J connectivity index is 1.20. The zero-order valence-electron chi connectivity index (χ0n) is 24.9. The number of nitrogens with zero attached hydrogens (tertiary/aromatic N) is 7. The van der Waals surface area contributed by atoms with Crippen molar-refractivity contribution in [2.45, 2.75) is 19.4 Å². The number of pyridine rings is 1. The first kappa shape index (κ1) is 28.8. The summed E-state index contributed by atoms with van der Waals surface area (Å²) in [5.74, 6) is 2.19. The Morgan fingerprint density at radius 1 is 1.00 bits per heavy atom. The maximum atomic E-state index is 11.8. The van der Waals surface area contributed by atoms with E-state index in [1.54, 1.807) is 37.6 Å². The lowest BCUT2D eigenvalue weighted by Gasteiger charge is -2.12. The standard InChI is InChI=1S/C33H29N9O4/c1-44-27-17-22(32-40-39-29(46-32)18-41-13-4-5-14-41)7-9-24(27)36-33-35-12-11-25(37-33)31-30(38-28-6-2-3-15-42(28)31)21-8-10-26(45-20-34)23(16-21)19-43/h2-3,6-12,15-17,19-20,34H,4-5,13-14,18H2,1H3,(H,35,36,37). The molecule has 46 heavy (non-hydrogen) atoms. The molecule has 7 rings (SSSR count). The van der Waals surface area contributed by atoms with Gasteiger partial charge in [0.05, 0.1) is 42.0 Å². The van der Waals surface area contributed by atoms with E-state index in [9.17, 15) is 4.79 Å². The van der Waals surface area contributed by atoms with Gasteiger partial charge in [0.1, 0.15) is 17.1 Å². The third-order valence-electron chi connectivity index (χ3n) is 7.74. The van der Waals surface area contributed by atoms with Gasteiger partial charge in [-0.3, -0.25) is 19.5 Å². The minimum absolute atomic E-state index is 0.286. The maximum absolute atomic E-state index is 11.8. The van der Waals surface area contributed by atoms with Crippen LogP contribution in [-0.2, 0) is 6.54 Å². The van der Waals surface area contributed by atoms with Gasteiger partial charge in [-0.1, -0.05) is 6.07 Å². The van der Waals surface area contributed by atoms with Crippen LogP contribution in [0.3, 0.4) is 0 Å². The fraction of sp³-hybridized carbons (Fsp3) is 0.182. The van der Waals surface area contributed by atoms with E-state index in [1.807, 2.05) is 47.0 Å². The Hall–Kier alpha value is -5.95. The maximum Gasteiger partial charge on any atom is 0.247 e. The molecule has 0 unspecified atom stereocenters. The second-order valence-corrected chi connectivity index (χ2v) is 10.6. The lowest BCUT2D eigenvalue weighted by Crippen LogP contribution is -2.18. The molecule has 0 amide bonds. The van der Waals surface area contributed by atoms with Crippen LogP contribution in [0.15, 0.2) is 77.5 Å². The van der Waals surface area contributed by atoms with Crippen molar-refractivity contribution >= 4 is 30.0 Å². The Morgan fingerprint density at radius 2 is 1.87 bits per heavy atom. The molecular weight excluding hydrogens is 586 g/mol. The summed E-state index contributed by atoms with van der Waals surface area (Å²) in [5.41, 5.74) is 5.00. The predicted molar refractivity (Wildman–Crippen MR) is 171 cm³/mol. The molecule has 0 atom stereocenters. The number of anilines is 2. The number of carbonyl (C=O) groups excluding carboxylic acids is 1. The number of aromatic nitrogens is 6. The van der Waals surface area contributed by atoms with E-state index in [0.29, 0.717) is 75.9 Å². The van der Waals surface area contributed by atoms with Crippen molar-refractivity contribution in [3.8, 4) is 45.6 Å². The van der Waals surface area contributed by atoms with E-state index >= 15 is 0 Å². The van der Waals surface area contributed by atoms with Gasteiger partial charge in [-0.2, -0.15) is 0 Å². The van der Waals surface area contributed by atoms with Gasteiger partial charge >= 0.3 is 0 Å². The molecule has 230 valence electrons. The second kappa shape index (κ2) is 12.6. The number of benzene rings is 2. The first-order chi connectivity index (χ1) is 22.6. The first-order valence-electron chi connectivity index (χ1n) is 14.7. The highest BCUT2D eigenvalue weighted by atomic mass is 16.5. The molecular formula is C33H29N9O4. The van der Waals surface area contributed by atoms with E-state index < -0.39 is 0 Å². The summed E-state index contributed by atoms with van der Waals surface area (Å²) < 4.78 is 18.8. The fourth-order valence-electron chi connectivity index (χ4n) is 5.57. The van der Waals surface area contributed by atoms with Crippen LogP contribution in [0.1, 0.15) is 29.1 Å². The quantitative estimate of drug-likeness (QED) is 0.105. The van der Waals surface area contributed by atoms with Crippen LogP contribution in [0, 0.1) is 5.41 Å². The van der Waals surface area contributed by atoms with Gasteiger partial charge in [0.15, 0.2) is 12.7 Å². The van der Waals surface area contributed by atoms with Gasteiger partial charge in [0, 0.05) is 23.5 Å². The lowest BCUT2D eigenvalue weighted by atomic mass is 10.0. The molecule has 13 heteroatoms. The highest BCUT2D eigenvalue weighted by molar-refractivity contribution is 5.87. The first-order valence-corrected chi connectivity index (χ1v) is 14.7. The van der Waals surface area contributed by atoms with E-state index in [2.05, 4.69) is 25.4 Å². The molecule has 0 aliphatic carbocycles. The molecule has 0 spiro atoms. The lowest BCUT2D eigenvalue weighted by molar-refractivity contribution is 0.112. The molecule has 1 aliphatic heterocycles. The third-order valence-corrected chi connectivity index (χ3v) is 7.74. The topological polar surface area (TPSA) is 157 Å². The number of fused-ring (bicyclic) bond motifs is 1. The highest BCUT2D eigenvalue weighted by Gasteiger charge is 2.20. The average molecular weight is 616 g/mol. The van der Waals surface area contributed by atoms with Gasteiger partial charge in [-0.15, -0.1) is 10.2 Å². The molecule has 6 aromatic rings. The molecule has 1 aliphatic rings. The van der Waals surface area contributed by atoms with Gasteiger partial charge in [-0.25, -0.2) is 15.0 Å². The molecule has 2 N–H and O–H groups in total. The molecule has 4 aromatic heterocycles. The van der Waals surface area contributed by atoms with Gasteiger partial charge < -0.3 is 19.2 Å². The molecule has 0 bridgehead atoms. The van der Waals surface area contributed by atoms with Gasteiger partial charge in [0.25, 0.3) is 0 Å². The van der Waals surface area contributed by atoms with E-state index in [-0.39, 0.29) is 5.75 Å². The number of aldehydes is 1. The number of methoxy groups -OCH3 is 1. The fourth-order valence-corrected chi connectivity index (χ4v) is 5.57. The largest absolute Gasteiger partial charge is 0.495 e. The Morgan fingerprint density at radius 3 is 2.70 bits per heavy atom. The Kier molecular flexibility index (Phi) is 7.87. The monoisotopic (exact) mass is 615 g/mol. The minimum atomic E-state index is 0.286. The Labute approximate surface area is 263 Å². The van der Waals surface area contributed by atoms with Crippen molar-refractivity contribution in [2.24, 2.45) is 0 Å². The SMILES string of the molecule is COc1cc(-c2nnc(CN3CCCC3)o2)ccc1Nc1nccc(-c2c(-c3ccc(OC=N)c(C=O)c3)nc3ccccn23)n1. The van der Waals surface area contributed by atoms with Crippen molar-refractivity contribution in [3.05, 3.63) is 84.5 Å². The number of nitrogens with one attached hydrogen (secondary N) is 2. The number of imidazole rings is 1. The summed E-state index contributed by atoms with van der Waals surface area (Å²) in [5, 5.41) is 19.0. The highest BCUT2D eigenvalue weighted by Crippen LogP contribution is 2.36. The van der Waals surface area contributed by atoms with Crippen molar-refractivity contribution in [2.75, 3.05) is 25.5 Å². The third kappa shape index (κ3) is 5.66. The normalized spacial score (nSPS) is 13.2. The van der Waals surface area contributed by atoms with Gasteiger partial charge in [0.2, 0.25) is 17.7 Å². The number of carbonyl (C=O) groups is 1. The summed E-state index contributed by atoms with van der Waals surface area (Å²) in [4.78, 5) is 28.3. The van der Waals surface area contributed by atoms with Crippen LogP contribution in [0.2, 0.25) is 0 Å². The summed E-state index contributed by atoms with van der Waals surface area (Å²) >= 11 is 0. The average Bonchev–Trinajstić information content (AvgIpc) is 3.86. The van der Waals surface area contributed by atoms with E-state index in [1.165, 1.54) is 12.8 Å². The van der Waals surface area contributed by atoms with E-state index in [0.717, 1.165) is 25.1 Å². The molecule has 2 aromatic carbocycles. The van der Waals surface area contributed by atoms with Crippen molar-refractivity contribution in [1.29, 1.82) is 5.41 Å². The number of hydrogen-bond acceptors (Lipinski definition) is 12. The number of hydrogen-bond donors (Lipinski definition) is 2. The second-order valence-electron chi connectivity index (χ2n) is 10.6. The number of ether oxygens (including phenoxy) is 2. The summed E-state index contributed by atoms with van der Waals surface area (Å²) in [6.45, 7) is 2.74. The molecule has 13 nitrogen and oxygen atoms in total. The van der Waals surface area contributed by atoms with Crippen LogP contribution in [-0.4, -0.2) is 67.3 Å². The van der Waals surface area contributed by atoms with Crippen LogP contribution in [0.5, 0.6) is 11.5 Å². The molecule has 0 saturated carbocycles. The van der Waals surface area contributed by atoms with Crippen LogP contribution in [0.25, 0.3) is 39.7 Å². The molecule has 0 radical (unpaired) electrons. The van der Waals surface area contributed by atoms with Crippen LogP contribution >= 0.6 is 0 Å². The van der Waals surface area contributed by atoms with Crippen LogP contribution < -0.4 is 14.8 Å². The van der Waals surface area contributed by atoms with Gasteiger partial charge in [-0.05, 0) is 80.5 Å². The number of rotatable bonds is 11. The molecule has 1 saturated heterocycles. The van der Waals surface area contributed by atoms with Crippen molar-refractivity contribution < 1.29 is 18.7 Å². The summed E-state index contributed by atoms with van der Waals surface area (Å²) in [6, 6.07) is 18.2. The molecule has 5 heterocycles. The number of likely N-dealkylation sites (tertiary alicyclic amines) is 1.